The number of benzene rings is 3. The number of hydrazone groups is 1. The van der Waals surface area contributed by atoms with Gasteiger partial charge >= 0.3 is 11.8 Å². The fraction of sp³-hybridized carbons (Fsp3) is 0. The normalized spacial score (nSPS) is 10.8. The lowest BCUT2D eigenvalue weighted by Gasteiger charge is -2.11. The van der Waals surface area contributed by atoms with Gasteiger partial charge in [-0.2, -0.15) is 5.10 Å². The number of carbonyl (C=O) groups excluding carboxylic acids is 3. The number of nitrogens with one attached hydrogen (secondary N) is 3. The van der Waals surface area contributed by atoms with Gasteiger partial charge in [-0.1, -0.05) is 41.9 Å². The zero-order valence-corrected chi connectivity index (χ0v) is 18.7. The maximum absolute atomic E-state index is 12.6. The zero-order valence-electron chi connectivity index (χ0n) is 17.9. The number of amides is 3. The van der Waals surface area contributed by atoms with Crippen molar-refractivity contribution in [2.75, 3.05) is 10.6 Å². The number of hydrogen-bond acceptors (Lipinski definition) is 6. The summed E-state index contributed by atoms with van der Waals surface area (Å²) in [4.78, 5) is 49.7. The summed E-state index contributed by atoms with van der Waals surface area (Å²) in [5.74, 6) is -2.62. The van der Waals surface area contributed by atoms with E-state index in [1.165, 1.54) is 24.5 Å². The van der Waals surface area contributed by atoms with E-state index in [1.807, 2.05) is 11.5 Å². The smallest absolute Gasteiger partial charge is 0.329 e. The molecule has 0 aliphatic carbocycles. The number of fused-ring (bicyclic) bond motifs is 1. The van der Waals surface area contributed by atoms with Crippen LogP contribution in [0, 0.1) is 0 Å². The van der Waals surface area contributed by atoms with Gasteiger partial charge in [-0.15, -0.1) is 0 Å². The fourth-order valence-electron chi connectivity index (χ4n) is 3.11. The van der Waals surface area contributed by atoms with Gasteiger partial charge in [0.1, 0.15) is 11.8 Å². The molecule has 0 aliphatic rings. The highest BCUT2D eigenvalue weighted by atomic mass is 35.5. The van der Waals surface area contributed by atoms with Crippen molar-refractivity contribution in [3.05, 3.63) is 105 Å². The van der Waals surface area contributed by atoms with Crippen molar-refractivity contribution in [2.24, 2.45) is 5.10 Å². The van der Waals surface area contributed by atoms with Crippen LogP contribution >= 0.6 is 11.6 Å². The summed E-state index contributed by atoms with van der Waals surface area (Å²) in [7, 11) is 0. The predicted octanol–water partition coefficient (Wildman–Crippen LogP) is 3.79. The molecule has 174 valence electrons. The average Bonchev–Trinajstić information content (AvgIpc) is 2.86. The first-order valence-electron chi connectivity index (χ1n) is 10.2. The summed E-state index contributed by atoms with van der Waals surface area (Å²) in [6.07, 6.45) is 2.23. The Morgan fingerprint density at radius 1 is 0.886 bits per heavy atom. The van der Waals surface area contributed by atoms with Crippen LogP contribution in [0.25, 0.3) is 11.0 Å². The lowest BCUT2D eigenvalue weighted by Crippen LogP contribution is -2.33. The van der Waals surface area contributed by atoms with Crippen molar-refractivity contribution in [3.63, 3.8) is 0 Å². The van der Waals surface area contributed by atoms with Gasteiger partial charge < -0.3 is 15.1 Å². The fourth-order valence-corrected chi connectivity index (χ4v) is 3.28. The second kappa shape index (κ2) is 10.4. The van der Waals surface area contributed by atoms with Crippen LogP contribution in [0.3, 0.4) is 0 Å². The van der Waals surface area contributed by atoms with Gasteiger partial charge in [0.15, 0.2) is 0 Å². The van der Waals surface area contributed by atoms with Crippen molar-refractivity contribution in [1.29, 1.82) is 0 Å². The molecule has 0 radical (unpaired) electrons. The van der Waals surface area contributed by atoms with E-state index >= 15 is 0 Å². The first-order valence-corrected chi connectivity index (χ1v) is 10.6. The van der Waals surface area contributed by atoms with Gasteiger partial charge in [-0.25, -0.2) is 5.43 Å². The van der Waals surface area contributed by atoms with Crippen molar-refractivity contribution in [3.8, 4) is 0 Å². The first-order chi connectivity index (χ1) is 16.9. The molecule has 3 amide bonds. The Morgan fingerprint density at radius 2 is 1.63 bits per heavy atom. The summed E-state index contributed by atoms with van der Waals surface area (Å²) in [6.45, 7) is 0. The molecule has 0 aliphatic heterocycles. The molecule has 0 spiro atoms. The SMILES string of the molecule is O=C(NN=Cc1coc2ccc(Cl)cc2c1=O)C(=O)Nc1ccccc1C(=O)Nc1ccccc1. The summed E-state index contributed by atoms with van der Waals surface area (Å²) in [6, 6.07) is 19.6. The van der Waals surface area contributed by atoms with Crippen molar-refractivity contribution < 1.29 is 18.8 Å². The van der Waals surface area contributed by atoms with E-state index in [4.69, 9.17) is 16.0 Å². The summed E-state index contributed by atoms with van der Waals surface area (Å²) in [5.41, 5.74) is 2.89. The van der Waals surface area contributed by atoms with E-state index in [0.29, 0.717) is 16.3 Å². The van der Waals surface area contributed by atoms with E-state index in [-0.39, 0.29) is 22.2 Å². The average molecular weight is 489 g/mol. The summed E-state index contributed by atoms with van der Waals surface area (Å²) in [5, 5.41) is 9.36. The minimum Gasteiger partial charge on any atom is -0.463 e. The molecule has 1 aromatic heterocycles. The van der Waals surface area contributed by atoms with Crippen molar-refractivity contribution in [2.45, 2.75) is 0 Å². The largest absolute Gasteiger partial charge is 0.463 e. The third kappa shape index (κ3) is 5.60. The van der Waals surface area contributed by atoms with Crippen LogP contribution in [-0.4, -0.2) is 23.9 Å². The van der Waals surface area contributed by atoms with Crippen LogP contribution in [0.1, 0.15) is 15.9 Å². The third-order valence-corrected chi connectivity index (χ3v) is 5.02. The predicted molar refractivity (Wildman–Crippen MR) is 133 cm³/mol. The van der Waals surface area contributed by atoms with Crippen LogP contribution in [0.15, 0.2) is 93.4 Å². The monoisotopic (exact) mass is 488 g/mol. The van der Waals surface area contributed by atoms with E-state index in [9.17, 15) is 19.2 Å². The second-order valence-electron chi connectivity index (χ2n) is 7.18. The van der Waals surface area contributed by atoms with Gasteiger partial charge in [0.25, 0.3) is 5.91 Å². The maximum Gasteiger partial charge on any atom is 0.329 e. The van der Waals surface area contributed by atoms with E-state index in [2.05, 4.69) is 15.7 Å². The highest BCUT2D eigenvalue weighted by Crippen LogP contribution is 2.18. The Bertz CT molecular complexity index is 1520. The number of anilines is 2. The Kier molecular flexibility index (Phi) is 6.99. The van der Waals surface area contributed by atoms with Crippen LogP contribution < -0.4 is 21.5 Å². The zero-order chi connectivity index (χ0) is 24.8. The molecule has 3 aromatic carbocycles. The Hall–Kier alpha value is -4.76. The number of para-hydroxylation sites is 2. The van der Waals surface area contributed by atoms with Gasteiger partial charge in [0.2, 0.25) is 5.43 Å². The van der Waals surface area contributed by atoms with Crippen LogP contribution in [0.2, 0.25) is 5.02 Å². The quantitative estimate of drug-likeness (QED) is 0.223. The number of carbonyl (C=O) groups is 3. The second-order valence-corrected chi connectivity index (χ2v) is 7.62. The van der Waals surface area contributed by atoms with Gasteiger partial charge in [-0.05, 0) is 42.5 Å². The molecular formula is C25H17ClN4O5. The summed E-state index contributed by atoms with van der Waals surface area (Å²) >= 11 is 5.92. The number of rotatable bonds is 5. The third-order valence-electron chi connectivity index (χ3n) is 4.79. The molecule has 10 heteroatoms. The van der Waals surface area contributed by atoms with Gasteiger partial charge in [0.05, 0.1) is 28.4 Å². The highest BCUT2D eigenvalue weighted by molar-refractivity contribution is 6.40. The topological polar surface area (TPSA) is 130 Å². The molecule has 0 saturated carbocycles. The minimum atomic E-state index is -1.10. The standard InChI is InChI=1S/C25H17ClN4O5/c26-16-10-11-21-19(12-16)22(31)15(14-35-21)13-27-30-25(34)24(33)29-20-9-5-4-8-18(20)23(32)28-17-6-2-1-3-7-17/h1-14H,(H,28,32)(H,29,33)(H,30,34). The van der Waals surface area contributed by atoms with Gasteiger partial charge in [-0.3, -0.25) is 19.2 Å². The summed E-state index contributed by atoms with van der Waals surface area (Å²) < 4.78 is 5.36. The molecule has 0 saturated heterocycles. The van der Waals surface area contributed by atoms with Gasteiger partial charge in [0, 0.05) is 10.7 Å². The van der Waals surface area contributed by atoms with Crippen LogP contribution in [0.4, 0.5) is 11.4 Å². The Morgan fingerprint density at radius 3 is 2.43 bits per heavy atom. The molecule has 1 heterocycles. The van der Waals surface area contributed by atoms with E-state index < -0.39 is 23.2 Å². The number of halogens is 1. The Balaban J connectivity index is 1.42. The number of hydrogen-bond donors (Lipinski definition) is 3. The lowest BCUT2D eigenvalue weighted by molar-refractivity contribution is -0.136. The van der Waals surface area contributed by atoms with Crippen LogP contribution in [-0.2, 0) is 9.59 Å². The maximum atomic E-state index is 12.6. The molecule has 0 bridgehead atoms. The first kappa shape index (κ1) is 23.4. The number of nitrogens with zero attached hydrogens (tertiary/aromatic N) is 1. The molecule has 4 rings (SSSR count). The van der Waals surface area contributed by atoms with Crippen LogP contribution in [0.5, 0.6) is 0 Å². The molecule has 4 aromatic rings. The van der Waals surface area contributed by atoms with Crippen molar-refractivity contribution >= 4 is 57.9 Å². The molecule has 35 heavy (non-hydrogen) atoms. The molecule has 0 atom stereocenters. The Labute approximate surface area is 203 Å². The molecule has 0 unspecified atom stereocenters. The molecule has 3 N–H and O–H groups in total. The van der Waals surface area contributed by atoms with Crippen molar-refractivity contribution in [1.82, 2.24) is 5.43 Å². The molecule has 0 fully saturated rings. The lowest BCUT2D eigenvalue weighted by atomic mass is 10.1. The molecular weight excluding hydrogens is 472 g/mol. The van der Waals surface area contributed by atoms with E-state index in [1.54, 1.807) is 48.5 Å². The minimum absolute atomic E-state index is 0.0448. The highest BCUT2D eigenvalue weighted by Gasteiger charge is 2.18. The molecule has 9 nitrogen and oxygen atoms in total. The van der Waals surface area contributed by atoms with E-state index in [0.717, 1.165) is 6.21 Å².